The zero-order valence-electron chi connectivity index (χ0n) is 74.2. The van der Waals surface area contributed by atoms with Crippen molar-refractivity contribution in [3.05, 3.63) is 61.0 Å². The van der Waals surface area contributed by atoms with Gasteiger partial charge in [-0.05, 0) is 116 Å². The smallest absolute Gasteiger partial charge is 0.232 e. The van der Waals surface area contributed by atoms with E-state index in [0.29, 0.717) is 17.7 Å². The van der Waals surface area contributed by atoms with E-state index in [4.69, 9.17) is 15.0 Å². The first kappa shape index (κ1) is 103. The summed E-state index contributed by atoms with van der Waals surface area (Å²) < 4.78 is 0. The molecule has 0 fully saturated rings. The zero-order chi connectivity index (χ0) is 79.6. The molecule has 0 spiro atoms. The van der Waals surface area contributed by atoms with Crippen LogP contribution in [0.15, 0.2) is 77.9 Å². The minimum Gasteiger partial charge on any atom is -0.324 e. The van der Waals surface area contributed by atoms with Crippen molar-refractivity contribution in [1.29, 1.82) is 0 Å². The maximum Gasteiger partial charge on any atom is 0.232 e. The van der Waals surface area contributed by atoms with E-state index in [1.54, 1.807) is 0 Å². The molecule has 5 nitrogen and oxygen atoms in total. The lowest BCUT2D eigenvalue weighted by atomic mass is 10.1. The Morgan fingerprint density at radius 2 is 0.420 bits per heavy atom. The molecule has 3 aromatic carbocycles. The largest absolute Gasteiger partial charge is 0.324 e. The van der Waals surface area contributed by atoms with Crippen molar-refractivity contribution < 1.29 is 0 Å². The summed E-state index contributed by atoms with van der Waals surface area (Å²) in [5, 5.41) is 7.88. The van der Waals surface area contributed by atoms with Gasteiger partial charge < -0.3 is 10.6 Å². The van der Waals surface area contributed by atoms with E-state index in [9.17, 15) is 0 Å². The Morgan fingerprint density at radius 3 is 0.616 bits per heavy atom. The molecule has 641 valence electrons. The average molecular weight is 1650 g/mol. The third-order valence-corrected chi connectivity index (χ3v) is 30.2. The summed E-state index contributed by atoms with van der Waals surface area (Å²) in [6, 6.07) is 18.7. The minimum absolute atomic E-state index is 0.592. The predicted octanol–water partition coefficient (Wildman–Crippen LogP) is 37.8. The van der Waals surface area contributed by atoms with E-state index in [0.717, 1.165) is 46.4 Å². The first-order valence-corrected chi connectivity index (χ1v) is 54.7. The molecular weight excluding hydrogens is 1480 g/mol. The molecule has 0 atom stereocenters. The Bertz CT molecular complexity index is 2470. The number of anilines is 4. The maximum absolute atomic E-state index is 5.42. The van der Waals surface area contributed by atoms with Gasteiger partial charge in [-0.1, -0.05) is 451 Å². The van der Waals surface area contributed by atoms with E-state index in [1.165, 1.54) is 470 Å². The van der Waals surface area contributed by atoms with Gasteiger partial charge in [-0.15, -0.1) is 70.6 Å². The quantitative estimate of drug-likeness (QED) is 0.0328. The first-order chi connectivity index (χ1) is 55.5. The Hall–Kier alpha value is -1.63. The van der Waals surface area contributed by atoms with Crippen LogP contribution >= 0.6 is 70.6 Å². The highest BCUT2D eigenvalue weighted by atomic mass is 32.2. The van der Waals surface area contributed by atoms with Crippen LogP contribution in [0.25, 0.3) is 11.4 Å². The Labute approximate surface area is 721 Å². The zero-order valence-corrected chi connectivity index (χ0v) is 79.1. The van der Waals surface area contributed by atoms with Crippen molar-refractivity contribution in [3.8, 4) is 11.4 Å². The van der Waals surface area contributed by atoms with Crippen LogP contribution < -0.4 is 10.6 Å². The molecule has 4 rings (SSSR count). The first-order valence-electron chi connectivity index (χ1n) is 48.8. The third kappa shape index (κ3) is 55.3. The number of aromatic nitrogens is 3. The van der Waals surface area contributed by atoms with E-state index >= 15 is 0 Å². The topological polar surface area (TPSA) is 62.7 Å². The number of unbranched alkanes of at least 4 members (excludes halogenated alkanes) is 60. The van der Waals surface area contributed by atoms with Crippen LogP contribution in [0.1, 0.15) is 471 Å². The van der Waals surface area contributed by atoms with E-state index in [-0.39, 0.29) is 0 Å². The van der Waals surface area contributed by atoms with Crippen LogP contribution in [0, 0.1) is 6.92 Å². The summed E-state index contributed by atoms with van der Waals surface area (Å²) >= 11 is 12.8. The number of hydrogen-bond donors (Lipinski definition) is 2. The third-order valence-electron chi connectivity index (χ3n) is 22.7. The standard InChI is InChI=1S/C101H176N5S6/c1-8-15-21-27-33-39-45-51-57-63-69-79-107-93-85-91(86-94(108-80-70-64-58-52-46-40-34-28-22-16-9-2)97(93)111-83-73-67-61-55-49-43-37-31-25-19-12-5)102-100-104-99(90-77-75-89(14-7)76-78-90)105-101(106-100)103-92-87-95(109-81-71-65-59-53-47-41-35-29-23-17-10-3)98(112-84-74-68-62-56-50-44-38-32-26-20-13-6)96(88-92)110-82-72-66-60-54-48-42-36-30-24-18-11-4/h75-78,85-88H,7-74,79-84H2,1-6H3,(H2,102,103,104,105,106). The molecule has 0 aliphatic carbocycles. The number of rotatable bonds is 84. The molecule has 0 aliphatic heterocycles. The fraction of sp³-hybridized carbons (Fsp3) is 0.782. The molecule has 112 heavy (non-hydrogen) atoms. The Morgan fingerprint density at radius 1 is 0.232 bits per heavy atom. The molecule has 1 heterocycles. The molecule has 0 unspecified atom stereocenters. The molecule has 4 aromatic rings. The lowest BCUT2D eigenvalue weighted by Gasteiger charge is -2.19. The number of nitrogens with zero attached hydrogens (tertiary/aromatic N) is 3. The van der Waals surface area contributed by atoms with Gasteiger partial charge in [-0.25, -0.2) is 0 Å². The highest BCUT2D eigenvalue weighted by Crippen LogP contribution is 2.45. The SMILES string of the molecule is [CH2]Cc1ccc(-c2nc(Nc3cc(SCCCCCCCCCCCCC)c(SCCCCCCCCCCCCC)c(SCCCCCCCCCCCCC)c3)nc(Nc3cc(SCCCCCCCCCCCCC)c(SCCCCCCCCCCCCC)c(SCCCCCCCCCCCCC)c3)n2)cc1. The number of nitrogens with one attached hydrogen (secondary N) is 2. The molecule has 1 radical (unpaired) electrons. The van der Waals surface area contributed by atoms with Gasteiger partial charge >= 0.3 is 0 Å². The molecule has 0 amide bonds. The summed E-state index contributed by atoms with van der Waals surface area (Å²) in [4.78, 5) is 24.9. The van der Waals surface area contributed by atoms with Crippen LogP contribution in [-0.4, -0.2) is 49.5 Å². The fourth-order valence-electron chi connectivity index (χ4n) is 15.4. The fourth-order valence-corrected chi connectivity index (χ4v) is 22.9. The van der Waals surface area contributed by atoms with E-state index in [2.05, 4.69) is 178 Å². The van der Waals surface area contributed by atoms with Crippen LogP contribution in [0.3, 0.4) is 0 Å². The lowest BCUT2D eigenvalue weighted by molar-refractivity contribution is 0.555. The van der Waals surface area contributed by atoms with Crippen molar-refractivity contribution in [2.45, 2.75) is 501 Å². The van der Waals surface area contributed by atoms with Crippen LogP contribution in [0.2, 0.25) is 0 Å². The van der Waals surface area contributed by atoms with Gasteiger partial charge in [-0.2, -0.15) is 15.0 Å². The van der Waals surface area contributed by atoms with Crippen molar-refractivity contribution in [2.75, 3.05) is 45.2 Å². The van der Waals surface area contributed by atoms with Crippen molar-refractivity contribution >= 4 is 93.8 Å². The van der Waals surface area contributed by atoms with Gasteiger partial charge in [0.05, 0.1) is 0 Å². The lowest BCUT2D eigenvalue weighted by Crippen LogP contribution is -2.06. The van der Waals surface area contributed by atoms with E-state index < -0.39 is 0 Å². The molecule has 11 heteroatoms. The number of thioether (sulfide) groups is 6. The second-order valence-corrected chi connectivity index (χ2v) is 40.2. The molecule has 2 N–H and O–H groups in total. The van der Waals surface area contributed by atoms with Gasteiger partial charge in [0.1, 0.15) is 0 Å². The average Bonchev–Trinajstić information content (AvgIpc) is 0.806. The Balaban J connectivity index is 1.73. The Kier molecular flexibility index (Phi) is 70.4. The van der Waals surface area contributed by atoms with E-state index in [1.807, 2.05) is 0 Å². The summed E-state index contributed by atoms with van der Waals surface area (Å²) in [6.45, 7) is 18.2. The van der Waals surface area contributed by atoms with Gasteiger partial charge in [0, 0.05) is 46.3 Å². The number of hydrogen-bond acceptors (Lipinski definition) is 11. The minimum atomic E-state index is 0.592. The summed E-state index contributed by atoms with van der Waals surface area (Å²) in [6.07, 6.45) is 91.5. The predicted molar refractivity (Wildman–Crippen MR) is 517 cm³/mol. The molecule has 0 aliphatic rings. The normalized spacial score (nSPS) is 11.7. The second kappa shape index (κ2) is 76.7. The highest BCUT2D eigenvalue weighted by molar-refractivity contribution is 8.04. The van der Waals surface area contributed by atoms with Gasteiger partial charge in [0.2, 0.25) is 11.9 Å². The number of benzene rings is 3. The summed E-state index contributed by atoms with van der Waals surface area (Å²) in [5.41, 5.74) is 4.37. The molecular formula is C101H176N5S6. The van der Waals surface area contributed by atoms with Crippen LogP contribution in [0.4, 0.5) is 23.3 Å². The highest BCUT2D eigenvalue weighted by Gasteiger charge is 2.20. The van der Waals surface area contributed by atoms with Gasteiger partial charge in [-0.3, -0.25) is 0 Å². The monoisotopic (exact) mass is 1650 g/mol. The van der Waals surface area contributed by atoms with Crippen molar-refractivity contribution in [3.63, 3.8) is 0 Å². The second-order valence-electron chi connectivity index (χ2n) is 33.4. The van der Waals surface area contributed by atoms with Crippen molar-refractivity contribution in [1.82, 2.24) is 15.0 Å². The van der Waals surface area contributed by atoms with Gasteiger partial charge in [0.25, 0.3) is 0 Å². The van der Waals surface area contributed by atoms with Crippen LogP contribution in [0.5, 0.6) is 0 Å². The molecule has 0 saturated carbocycles. The summed E-state index contributed by atoms with van der Waals surface area (Å²) in [7, 11) is 0. The molecule has 0 bridgehead atoms. The molecule has 1 aromatic heterocycles. The summed E-state index contributed by atoms with van der Waals surface area (Å²) in [5.74, 6) is 8.83. The maximum atomic E-state index is 5.42. The van der Waals surface area contributed by atoms with Crippen molar-refractivity contribution in [2.24, 2.45) is 0 Å². The van der Waals surface area contributed by atoms with Gasteiger partial charge in [0.15, 0.2) is 5.82 Å². The molecule has 0 saturated heterocycles. The van der Waals surface area contributed by atoms with Crippen LogP contribution in [-0.2, 0) is 6.42 Å².